The number of aryl methyl sites for hydroxylation is 1. The number of ether oxygens (including phenoxy) is 2. The van der Waals surface area contributed by atoms with Gasteiger partial charge in [-0.25, -0.2) is 19.4 Å². The number of aromatic nitrogens is 3. The van der Waals surface area contributed by atoms with Crippen molar-refractivity contribution < 1.29 is 33.4 Å². The minimum atomic E-state index is -1.31. The van der Waals surface area contributed by atoms with Gasteiger partial charge in [-0.3, -0.25) is 9.97 Å². The standard InChI is InChI=1S/C22H15N3O7/c1-2-14-13(9-12-5-3-4-6-15(12)24-14)21(28)31-18-11-23-10-16(25-18)22(29)32-19-8-7-17(30-19)20(26)27/h3-11H,2H2,1H3,(H,26,27). The highest BCUT2D eigenvalue weighted by molar-refractivity contribution is 5.96. The molecule has 4 rings (SSSR count). The smallest absolute Gasteiger partial charge is 0.371 e. The van der Waals surface area contributed by atoms with Gasteiger partial charge in [-0.1, -0.05) is 25.1 Å². The van der Waals surface area contributed by atoms with Gasteiger partial charge in [0.1, 0.15) is 0 Å². The second-order valence-corrected chi connectivity index (χ2v) is 6.47. The maximum atomic E-state index is 12.8. The molecule has 0 aliphatic rings. The van der Waals surface area contributed by atoms with Crippen LogP contribution in [0.4, 0.5) is 0 Å². The van der Waals surface area contributed by atoms with Gasteiger partial charge in [0.05, 0.1) is 29.2 Å². The molecule has 0 fully saturated rings. The normalized spacial score (nSPS) is 10.7. The van der Waals surface area contributed by atoms with Crippen LogP contribution in [-0.4, -0.2) is 38.0 Å². The lowest BCUT2D eigenvalue weighted by Gasteiger charge is -2.09. The van der Waals surface area contributed by atoms with Gasteiger partial charge in [0.2, 0.25) is 11.6 Å². The lowest BCUT2D eigenvalue weighted by Crippen LogP contribution is -2.16. The van der Waals surface area contributed by atoms with Crippen LogP contribution in [0, 0.1) is 0 Å². The lowest BCUT2D eigenvalue weighted by atomic mass is 10.1. The second kappa shape index (κ2) is 8.64. The predicted octanol–water partition coefficient (Wildman–Crippen LogP) is 3.32. The Labute approximate surface area is 180 Å². The Morgan fingerprint density at radius 1 is 1.00 bits per heavy atom. The van der Waals surface area contributed by atoms with Gasteiger partial charge in [-0.2, -0.15) is 0 Å². The molecule has 3 heterocycles. The van der Waals surface area contributed by atoms with E-state index in [4.69, 9.17) is 19.0 Å². The van der Waals surface area contributed by atoms with E-state index in [0.29, 0.717) is 12.1 Å². The molecule has 4 aromatic rings. The number of carboxylic acids is 1. The molecule has 0 radical (unpaired) electrons. The molecule has 160 valence electrons. The van der Waals surface area contributed by atoms with Gasteiger partial charge in [0, 0.05) is 11.5 Å². The lowest BCUT2D eigenvalue weighted by molar-refractivity contribution is 0.0614. The number of benzene rings is 1. The van der Waals surface area contributed by atoms with Crippen LogP contribution >= 0.6 is 0 Å². The molecule has 0 unspecified atom stereocenters. The highest BCUT2D eigenvalue weighted by Crippen LogP contribution is 2.20. The van der Waals surface area contributed by atoms with Crippen molar-refractivity contribution >= 4 is 28.8 Å². The van der Waals surface area contributed by atoms with E-state index in [-0.39, 0.29) is 23.1 Å². The van der Waals surface area contributed by atoms with Crippen molar-refractivity contribution in [3.05, 3.63) is 77.6 Å². The molecule has 0 aliphatic heterocycles. The average Bonchev–Trinajstić information content (AvgIpc) is 3.27. The van der Waals surface area contributed by atoms with Crippen molar-refractivity contribution in [3.8, 4) is 11.8 Å². The van der Waals surface area contributed by atoms with E-state index in [1.54, 1.807) is 6.07 Å². The molecule has 1 N–H and O–H groups in total. The number of esters is 2. The largest absolute Gasteiger partial charge is 0.475 e. The van der Waals surface area contributed by atoms with Gasteiger partial charge in [-0.15, -0.1) is 0 Å². The third-order valence-corrected chi connectivity index (χ3v) is 4.36. The van der Waals surface area contributed by atoms with Crippen LogP contribution in [0.15, 0.2) is 59.3 Å². The summed E-state index contributed by atoms with van der Waals surface area (Å²) in [6.07, 6.45) is 2.79. The van der Waals surface area contributed by atoms with Crippen LogP contribution in [0.5, 0.6) is 11.8 Å². The Morgan fingerprint density at radius 2 is 1.81 bits per heavy atom. The van der Waals surface area contributed by atoms with Gasteiger partial charge >= 0.3 is 17.9 Å². The maximum absolute atomic E-state index is 12.8. The van der Waals surface area contributed by atoms with Gasteiger partial charge in [0.25, 0.3) is 5.95 Å². The highest BCUT2D eigenvalue weighted by Gasteiger charge is 2.19. The number of fused-ring (bicyclic) bond motifs is 1. The fourth-order valence-electron chi connectivity index (χ4n) is 2.88. The Morgan fingerprint density at radius 3 is 2.56 bits per heavy atom. The number of hydrogen-bond donors (Lipinski definition) is 1. The first kappa shape index (κ1) is 20.7. The molecule has 0 atom stereocenters. The van der Waals surface area contributed by atoms with Crippen LogP contribution in [0.1, 0.15) is 44.0 Å². The molecule has 0 amide bonds. The van der Waals surface area contributed by atoms with Crippen molar-refractivity contribution in [1.82, 2.24) is 15.0 Å². The molecule has 0 saturated heterocycles. The molecule has 32 heavy (non-hydrogen) atoms. The third-order valence-electron chi connectivity index (χ3n) is 4.36. The molecule has 0 aliphatic carbocycles. The van der Waals surface area contributed by atoms with Crippen LogP contribution < -0.4 is 9.47 Å². The predicted molar refractivity (Wildman–Crippen MR) is 109 cm³/mol. The summed E-state index contributed by atoms with van der Waals surface area (Å²) in [6, 6.07) is 11.4. The van der Waals surface area contributed by atoms with Crippen LogP contribution in [-0.2, 0) is 6.42 Å². The van der Waals surface area contributed by atoms with Gasteiger partial charge in [-0.05, 0) is 24.6 Å². The topological polar surface area (TPSA) is 142 Å². The monoisotopic (exact) mass is 433 g/mol. The van der Waals surface area contributed by atoms with Crippen LogP contribution in [0.2, 0.25) is 0 Å². The first-order valence-electron chi connectivity index (χ1n) is 9.42. The second-order valence-electron chi connectivity index (χ2n) is 6.47. The average molecular weight is 433 g/mol. The summed E-state index contributed by atoms with van der Waals surface area (Å²) in [4.78, 5) is 48.1. The maximum Gasteiger partial charge on any atom is 0.371 e. The Bertz CT molecular complexity index is 1350. The number of para-hydroxylation sites is 1. The zero-order chi connectivity index (χ0) is 22.7. The van der Waals surface area contributed by atoms with E-state index in [1.165, 1.54) is 12.3 Å². The van der Waals surface area contributed by atoms with E-state index in [2.05, 4.69) is 15.0 Å². The zero-order valence-electron chi connectivity index (χ0n) is 16.6. The number of rotatable bonds is 6. The highest BCUT2D eigenvalue weighted by atomic mass is 16.6. The molecular weight excluding hydrogens is 418 g/mol. The number of carboxylic acid groups (broad SMARTS) is 1. The van der Waals surface area contributed by atoms with Crippen LogP contribution in [0.3, 0.4) is 0 Å². The van der Waals surface area contributed by atoms with Crippen LogP contribution in [0.25, 0.3) is 10.9 Å². The summed E-state index contributed by atoms with van der Waals surface area (Å²) in [5.41, 5.74) is 1.33. The minimum absolute atomic E-state index is 0.217. The fraction of sp³-hybridized carbons (Fsp3) is 0.0909. The molecule has 1 aromatic carbocycles. The summed E-state index contributed by atoms with van der Waals surface area (Å²) in [5.74, 6) is -3.91. The van der Waals surface area contributed by atoms with Gasteiger partial charge in [0.15, 0.2) is 5.69 Å². The number of pyridine rings is 1. The van der Waals surface area contributed by atoms with E-state index in [0.717, 1.165) is 23.2 Å². The number of nitrogens with zero attached hydrogens (tertiary/aromatic N) is 3. The Kier molecular flexibility index (Phi) is 5.58. The number of furan rings is 1. The number of hydrogen-bond acceptors (Lipinski definition) is 9. The molecule has 0 spiro atoms. The summed E-state index contributed by atoms with van der Waals surface area (Å²) < 4.78 is 15.1. The van der Waals surface area contributed by atoms with E-state index in [1.807, 2.05) is 31.2 Å². The SMILES string of the molecule is CCc1nc2ccccc2cc1C(=O)Oc1cncc(C(=O)Oc2ccc(C(=O)O)o2)n1. The first-order valence-corrected chi connectivity index (χ1v) is 9.42. The summed E-state index contributed by atoms with van der Waals surface area (Å²) in [6.45, 7) is 1.87. The Balaban J connectivity index is 1.53. The fourth-order valence-corrected chi connectivity index (χ4v) is 2.88. The third kappa shape index (κ3) is 4.29. The Hall–Kier alpha value is -4.60. The van der Waals surface area contributed by atoms with E-state index in [9.17, 15) is 14.4 Å². The number of carbonyl (C=O) groups excluding carboxylic acids is 2. The first-order chi connectivity index (χ1) is 15.4. The molecule has 10 heteroatoms. The number of aromatic carboxylic acids is 1. The molecule has 0 saturated carbocycles. The summed E-state index contributed by atoms with van der Waals surface area (Å²) >= 11 is 0. The molecular formula is C22H15N3O7. The number of carbonyl (C=O) groups is 3. The van der Waals surface area contributed by atoms with Crippen molar-refractivity contribution in [2.24, 2.45) is 0 Å². The zero-order valence-corrected chi connectivity index (χ0v) is 16.6. The molecule has 3 aromatic heterocycles. The van der Waals surface area contributed by atoms with Crippen molar-refractivity contribution in [2.45, 2.75) is 13.3 Å². The summed E-state index contributed by atoms with van der Waals surface area (Å²) in [5, 5.41) is 9.63. The van der Waals surface area contributed by atoms with Gasteiger partial charge < -0.3 is 19.0 Å². The van der Waals surface area contributed by atoms with Crippen molar-refractivity contribution in [3.63, 3.8) is 0 Å². The summed E-state index contributed by atoms with van der Waals surface area (Å²) in [7, 11) is 0. The quantitative estimate of drug-likeness (QED) is 0.450. The molecule has 0 bridgehead atoms. The minimum Gasteiger partial charge on any atom is -0.475 e. The van der Waals surface area contributed by atoms with Crippen molar-refractivity contribution in [1.29, 1.82) is 0 Å². The molecule has 10 nitrogen and oxygen atoms in total. The van der Waals surface area contributed by atoms with Crippen molar-refractivity contribution in [2.75, 3.05) is 0 Å². The van der Waals surface area contributed by atoms with E-state index < -0.39 is 23.7 Å². The van der Waals surface area contributed by atoms with E-state index >= 15 is 0 Å².